The minimum Gasteiger partial charge on any atom is -0.477 e. The van der Waals surface area contributed by atoms with E-state index >= 15 is 0 Å². The van der Waals surface area contributed by atoms with Crippen LogP contribution in [0.4, 0.5) is 0 Å². The first-order valence-electron chi connectivity index (χ1n) is 6.56. The molecule has 19 heavy (non-hydrogen) atoms. The molecule has 0 aliphatic rings. The van der Waals surface area contributed by atoms with E-state index in [0.717, 1.165) is 19.5 Å². The number of ether oxygens (including phenoxy) is 1. The third kappa shape index (κ3) is 5.70. The molecule has 1 unspecified atom stereocenters. The number of aromatic nitrogens is 1. The number of carboxylic acid groups (broad SMARTS) is 1. The van der Waals surface area contributed by atoms with Crippen LogP contribution in [-0.4, -0.2) is 35.3 Å². The molecule has 1 heterocycles. The second-order valence-corrected chi connectivity index (χ2v) is 4.98. The van der Waals surface area contributed by atoms with Crippen LogP contribution in [0.15, 0.2) is 18.3 Å². The Bertz CT molecular complexity index is 407. The van der Waals surface area contributed by atoms with Gasteiger partial charge in [0.15, 0.2) is 0 Å². The number of rotatable bonds is 8. The van der Waals surface area contributed by atoms with Gasteiger partial charge in [0, 0.05) is 6.20 Å². The third-order valence-corrected chi connectivity index (χ3v) is 2.59. The number of carboxylic acids is 1. The van der Waals surface area contributed by atoms with E-state index in [9.17, 15) is 4.79 Å². The number of pyridine rings is 1. The highest BCUT2D eigenvalue weighted by Crippen LogP contribution is 2.16. The van der Waals surface area contributed by atoms with Crippen LogP contribution in [0.25, 0.3) is 0 Å². The molecular weight excluding hydrogens is 244 g/mol. The Labute approximate surface area is 114 Å². The molecule has 0 spiro atoms. The van der Waals surface area contributed by atoms with Crippen molar-refractivity contribution in [2.24, 2.45) is 5.92 Å². The summed E-state index contributed by atoms with van der Waals surface area (Å²) in [5, 5.41) is 12.3. The number of aromatic carboxylic acids is 1. The molecule has 106 valence electrons. The molecule has 0 amide bonds. The Morgan fingerprint density at radius 2 is 2.21 bits per heavy atom. The Balaban J connectivity index is 2.44. The molecule has 0 fully saturated rings. The number of hydrogen-bond donors (Lipinski definition) is 2. The van der Waals surface area contributed by atoms with Crippen molar-refractivity contribution in [1.29, 1.82) is 0 Å². The monoisotopic (exact) mass is 266 g/mol. The second kappa shape index (κ2) is 7.74. The molecule has 1 atom stereocenters. The number of hydrogen-bond acceptors (Lipinski definition) is 4. The minimum atomic E-state index is -1.02. The van der Waals surface area contributed by atoms with E-state index in [1.165, 1.54) is 12.3 Å². The van der Waals surface area contributed by atoms with Gasteiger partial charge in [0.2, 0.25) is 5.88 Å². The molecular formula is C14H22N2O3. The van der Waals surface area contributed by atoms with Crippen molar-refractivity contribution in [2.45, 2.75) is 33.3 Å². The normalized spacial score (nSPS) is 12.4. The summed E-state index contributed by atoms with van der Waals surface area (Å²) in [6, 6.07) is 3.08. The number of nitrogens with zero attached hydrogens (tertiary/aromatic N) is 1. The van der Waals surface area contributed by atoms with E-state index < -0.39 is 5.97 Å². The first-order chi connectivity index (χ1) is 9.00. The summed E-state index contributed by atoms with van der Waals surface area (Å²) in [6.07, 6.45) is 2.26. The highest BCUT2D eigenvalue weighted by Gasteiger charge is 2.14. The lowest BCUT2D eigenvalue weighted by Crippen LogP contribution is -2.25. The summed E-state index contributed by atoms with van der Waals surface area (Å²) in [5.41, 5.74) is 0.101. The van der Waals surface area contributed by atoms with Crippen LogP contribution in [0.1, 0.15) is 37.6 Å². The molecule has 0 radical (unpaired) electrons. The standard InChI is InChI=1S/C14H22N2O3/c1-10(2)9-15-8-6-11(3)19-13-12(14(17)18)5-4-7-16-13/h4-5,7,10-11,15H,6,8-9H2,1-3H3,(H,17,18). The van der Waals surface area contributed by atoms with Gasteiger partial charge in [-0.05, 0) is 44.5 Å². The molecule has 1 aromatic rings. The SMILES string of the molecule is CC(C)CNCCC(C)Oc1ncccc1C(=O)O. The number of carbonyl (C=O) groups is 1. The van der Waals surface area contributed by atoms with Crippen molar-refractivity contribution in [1.82, 2.24) is 10.3 Å². The molecule has 0 aliphatic carbocycles. The van der Waals surface area contributed by atoms with Gasteiger partial charge < -0.3 is 15.2 Å². The van der Waals surface area contributed by atoms with E-state index in [0.29, 0.717) is 5.92 Å². The molecule has 0 saturated heterocycles. The molecule has 0 saturated carbocycles. The Kier molecular flexibility index (Phi) is 6.29. The lowest BCUT2D eigenvalue weighted by atomic mass is 10.2. The highest BCUT2D eigenvalue weighted by atomic mass is 16.5. The van der Waals surface area contributed by atoms with Crippen LogP contribution < -0.4 is 10.1 Å². The van der Waals surface area contributed by atoms with E-state index in [1.54, 1.807) is 6.07 Å². The van der Waals surface area contributed by atoms with Crippen LogP contribution in [0.2, 0.25) is 0 Å². The zero-order valence-electron chi connectivity index (χ0n) is 11.7. The average molecular weight is 266 g/mol. The van der Waals surface area contributed by atoms with Crippen LogP contribution in [0.5, 0.6) is 5.88 Å². The van der Waals surface area contributed by atoms with Gasteiger partial charge >= 0.3 is 5.97 Å². The van der Waals surface area contributed by atoms with Gasteiger partial charge in [-0.3, -0.25) is 0 Å². The summed E-state index contributed by atoms with van der Waals surface area (Å²) in [6.45, 7) is 8.03. The van der Waals surface area contributed by atoms with E-state index in [2.05, 4.69) is 24.1 Å². The van der Waals surface area contributed by atoms with Gasteiger partial charge in [-0.15, -0.1) is 0 Å². The molecule has 0 bridgehead atoms. The largest absolute Gasteiger partial charge is 0.477 e. The maximum atomic E-state index is 11.0. The quantitative estimate of drug-likeness (QED) is 0.706. The molecule has 0 aromatic carbocycles. The summed E-state index contributed by atoms with van der Waals surface area (Å²) in [7, 11) is 0. The van der Waals surface area contributed by atoms with E-state index in [4.69, 9.17) is 9.84 Å². The van der Waals surface area contributed by atoms with Gasteiger partial charge in [0.1, 0.15) is 5.56 Å². The maximum Gasteiger partial charge on any atom is 0.341 e. The highest BCUT2D eigenvalue weighted by molar-refractivity contribution is 5.90. The van der Waals surface area contributed by atoms with Crippen molar-refractivity contribution in [3.63, 3.8) is 0 Å². The number of nitrogens with one attached hydrogen (secondary N) is 1. The molecule has 1 aromatic heterocycles. The van der Waals surface area contributed by atoms with Crippen molar-refractivity contribution in [3.8, 4) is 5.88 Å². The minimum absolute atomic E-state index is 0.0762. The molecule has 5 heteroatoms. The van der Waals surface area contributed by atoms with Gasteiger partial charge in [0.25, 0.3) is 0 Å². The fourth-order valence-electron chi connectivity index (χ4n) is 1.59. The summed E-state index contributed by atoms with van der Waals surface area (Å²) in [4.78, 5) is 15.0. The van der Waals surface area contributed by atoms with Crippen molar-refractivity contribution < 1.29 is 14.6 Å². The van der Waals surface area contributed by atoms with Crippen LogP contribution >= 0.6 is 0 Å². The predicted octanol–water partition coefficient (Wildman–Crippen LogP) is 2.18. The van der Waals surface area contributed by atoms with Crippen molar-refractivity contribution in [2.75, 3.05) is 13.1 Å². The Morgan fingerprint density at radius 1 is 1.47 bits per heavy atom. The molecule has 5 nitrogen and oxygen atoms in total. The topological polar surface area (TPSA) is 71.5 Å². The maximum absolute atomic E-state index is 11.0. The summed E-state index contributed by atoms with van der Waals surface area (Å²) in [5.74, 6) is -0.217. The Morgan fingerprint density at radius 3 is 2.84 bits per heavy atom. The van der Waals surface area contributed by atoms with Gasteiger partial charge in [-0.1, -0.05) is 13.8 Å². The predicted molar refractivity (Wildman–Crippen MR) is 73.6 cm³/mol. The zero-order chi connectivity index (χ0) is 14.3. The Hall–Kier alpha value is -1.62. The van der Waals surface area contributed by atoms with Gasteiger partial charge in [-0.2, -0.15) is 0 Å². The lowest BCUT2D eigenvalue weighted by molar-refractivity contribution is 0.0688. The third-order valence-electron chi connectivity index (χ3n) is 2.59. The van der Waals surface area contributed by atoms with Crippen LogP contribution in [0, 0.1) is 5.92 Å². The molecule has 0 aliphatic heterocycles. The second-order valence-electron chi connectivity index (χ2n) is 4.98. The molecule has 2 N–H and O–H groups in total. The van der Waals surface area contributed by atoms with Gasteiger partial charge in [-0.25, -0.2) is 9.78 Å². The average Bonchev–Trinajstić information content (AvgIpc) is 2.35. The van der Waals surface area contributed by atoms with Gasteiger partial charge in [0.05, 0.1) is 6.10 Å². The fourth-order valence-corrected chi connectivity index (χ4v) is 1.59. The first-order valence-corrected chi connectivity index (χ1v) is 6.56. The van der Waals surface area contributed by atoms with Crippen molar-refractivity contribution >= 4 is 5.97 Å². The lowest BCUT2D eigenvalue weighted by Gasteiger charge is -2.16. The van der Waals surface area contributed by atoms with Crippen LogP contribution in [-0.2, 0) is 0 Å². The zero-order valence-corrected chi connectivity index (χ0v) is 11.7. The summed E-state index contributed by atoms with van der Waals surface area (Å²) >= 11 is 0. The van der Waals surface area contributed by atoms with E-state index in [-0.39, 0.29) is 17.5 Å². The smallest absolute Gasteiger partial charge is 0.341 e. The molecule has 1 rings (SSSR count). The summed E-state index contributed by atoms with van der Waals surface area (Å²) < 4.78 is 5.58. The fraction of sp³-hybridized carbons (Fsp3) is 0.571. The van der Waals surface area contributed by atoms with Crippen molar-refractivity contribution in [3.05, 3.63) is 23.9 Å². The van der Waals surface area contributed by atoms with Crippen LogP contribution in [0.3, 0.4) is 0 Å². The first kappa shape index (κ1) is 15.4. The van der Waals surface area contributed by atoms with E-state index in [1.807, 2.05) is 6.92 Å².